The molecular weight excluding hydrogens is 464 g/mol. The molecule has 0 aliphatic carbocycles. The molecule has 9 heteroatoms. The predicted molar refractivity (Wildman–Crippen MR) is 99.0 cm³/mol. The molecule has 0 amide bonds. The van der Waals surface area contributed by atoms with E-state index in [-0.39, 0.29) is 10.6 Å². The molecule has 0 aromatic heterocycles. The van der Waals surface area contributed by atoms with Crippen LogP contribution in [0.4, 0.5) is 0 Å². The maximum absolute atomic E-state index is 12.2. The molecule has 6 nitrogen and oxygen atoms in total. The third-order valence-corrected chi connectivity index (χ3v) is 5.18. The van der Waals surface area contributed by atoms with Crippen molar-refractivity contribution >= 4 is 48.1 Å². The van der Waals surface area contributed by atoms with Crippen molar-refractivity contribution in [2.24, 2.45) is 5.10 Å². The fraction of sp³-hybridized carbons (Fsp3) is 0.133. The number of nitrogens with one attached hydrogen (secondary N) is 1. The van der Waals surface area contributed by atoms with Crippen LogP contribution in [0.5, 0.6) is 11.5 Å². The number of phenolic OH excluding ortho intramolecular Hbond substituents is 1. The molecule has 24 heavy (non-hydrogen) atoms. The Morgan fingerprint density at radius 2 is 1.92 bits per heavy atom. The minimum Gasteiger partial charge on any atom is -0.506 e. The van der Waals surface area contributed by atoms with E-state index in [1.165, 1.54) is 18.3 Å². The Bertz CT molecular complexity index is 853. The molecule has 0 atom stereocenters. The molecule has 2 aromatic rings. The topological polar surface area (TPSA) is 88.0 Å². The molecule has 2 rings (SSSR count). The van der Waals surface area contributed by atoms with Crippen molar-refractivity contribution in [2.75, 3.05) is 6.61 Å². The summed E-state index contributed by atoms with van der Waals surface area (Å²) in [6.07, 6.45) is 1.22. The van der Waals surface area contributed by atoms with Gasteiger partial charge in [-0.3, -0.25) is 0 Å². The van der Waals surface area contributed by atoms with Gasteiger partial charge in [-0.05, 0) is 59.3 Å². The van der Waals surface area contributed by atoms with Crippen LogP contribution in [-0.2, 0) is 10.0 Å². The molecule has 2 N–H and O–H groups in total. The van der Waals surface area contributed by atoms with Crippen LogP contribution >= 0.6 is 31.9 Å². The molecule has 0 saturated heterocycles. The van der Waals surface area contributed by atoms with E-state index in [1.807, 2.05) is 6.92 Å². The summed E-state index contributed by atoms with van der Waals surface area (Å²) in [7, 11) is -3.80. The minimum absolute atomic E-state index is 0.0396. The molecule has 0 spiro atoms. The summed E-state index contributed by atoms with van der Waals surface area (Å²) in [5.74, 6) is 0.547. The molecule has 0 saturated carbocycles. The number of phenols is 1. The normalized spacial score (nSPS) is 11.6. The quantitative estimate of drug-likeness (QED) is 0.491. The Morgan fingerprint density at radius 3 is 2.54 bits per heavy atom. The number of hydrogen-bond donors (Lipinski definition) is 2. The summed E-state index contributed by atoms with van der Waals surface area (Å²) in [5, 5.41) is 13.6. The molecule has 0 bridgehead atoms. The van der Waals surface area contributed by atoms with Gasteiger partial charge in [0.05, 0.1) is 22.2 Å². The zero-order valence-corrected chi connectivity index (χ0v) is 16.5. The molecular formula is C15H14Br2N2O4S. The van der Waals surface area contributed by atoms with Crippen molar-refractivity contribution in [3.8, 4) is 11.5 Å². The van der Waals surface area contributed by atoms with E-state index < -0.39 is 10.0 Å². The number of hydrazone groups is 1. The van der Waals surface area contributed by atoms with Crippen molar-refractivity contribution in [2.45, 2.75) is 11.8 Å². The standard InChI is InChI=1S/C15H14Br2N2O4S/c1-2-23-12-3-5-13(6-4-12)24(21,22)19-18-9-10-7-11(16)8-14(17)15(10)20/h3-9,19-20H,2H2,1H3/b18-9+. The van der Waals surface area contributed by atoms with Crippen molar-refractivity contribution in [3.63, 3.8) is 0 Å². The highest BCUT2D eigenvalue weighted by atomic mass is 79.9. The molecule has 0 heterocycles. The van der Waals surface area contributed by atoms with E-state index in [2.05, 4.69) is 41.8 Å². The second-order valence-corrected chi connectivity index (χ2v) is 8.01. The van der Waals surface area contributed by atoms with E-state index in [9.17, 15) is 13.5 Å². The van der Waals surface area contributed by atoms with Crippen LogP contribution in [0.15, 0.2) is 55.3 Å². The van der Waals surface area contributed by atoms with Crippen LogP contribution < -0.4 is 9.57 Å². The van der Waals surface area contributed by atoms with Gasteiger partial charge in [0.1, 0.15) is 11.5 Å². The predicted octanol–water partition coefficient (Wildman–Crippen LogP) is 3.63. The lowest BCUT2D eigenvalue weighted by Crippen LogP contribution is -2.18. The molecule has 0 radical (unpaired) electrons. The number of halogens is 2. The zero-order valence-electron chi connectivity index (χ0n) is 12.5. The first kappa shape index (κ1) is 18.8. The lowest BCUT2D eigenvalue weighted by Gasteiger charge is -2.06. The average Bonchev–Trinajstić information content (AvgIpc) is 2.52. The van der Waals surface area contributed by atoms with E-state index in [0.29, 0.717) is 26.9 Å². The highest BCUT2D eigenvalue weighted by molar-refractivity contribution is 9.11. The Kier molecular flexibility index (Phi) is 6.25. The van der Waals surface area contributed by atoms with Crippen LogP contribution in [0.2, 0.25) is 0 Å². The fourth-order valence-electron chi connectivity index (χ4n) is 1.78. The van der Waals surface area contributed by atoms with E-state index in [0.717, 1.165) is 0 Å². The second-order valence-electron chi connectivity index (χ2n) is 4.58. The highest BCUT2D eigenvalue weighted by Crippen LogP contribution is 2.30. The fourth-order valence-corrected chi connectivity index (χ4v) is 3.83. The zero-order chi connectivity index (χ0) is 17.7. The third kappa shape index (κ3) is 4.71. The van der Waals surface area contributed by atoms with Gasteiger partial charge >= 0.3 is 0 Å². The first-order valence-electron chi connectivity index (χ1n) is 6.79. The second kappa shape index (κ2) is 8.00. The Balaban J connectivity index is 2.15. The number of aromatic hydroxyl groups is 1. The summed E-state index contributed by atoms with van der Waals surface area (Å²) >= 11 is 6.47. The van der Waals surface area contributed by atoms with Gasteiger partial charge in [-0.1, -0.05) is 15.9 Å². The number of rotatable bonds is 6. The van der Waals surface area contributed by atoms with Gasteiger partial charge in [0.25, 0.3) is 10.0 Å². The van der Waals surface area contributed by atoms with E-state index in [4.69, 9.17) is 4.74 Å². The molecule has 2 aromatic carbocycles. The monoisotopic (exact) mass is 476 g/mol. The summed E-state index contributed by atoms with van der Waals surface area (Å²) in [4.78, 5) is 2.16. The van der Waals surface area contributed by atoms with Crippen molar-refractivity contribution in [1.82, 2.24) is 4.83 Å². The van der Waals surface area contributed by atoms with Gasteiger partial charge in [0.2, 0.25) is 0 Å². The average molecular weight is 478 g/mol. The number of sulfonamides is 1. The first-order valence-corrected chi connectivity index (χ1v) is 9.86. The summed E-state index contributed by atoms with van der Waals surface area (Å²) in [5.41, 5.74) is 0.352. The maximum atomic E-state index is 12.2. The molecule has 0 aliphatic heterocycles. The molecule has 0 unspecified atom stereocenters. The van der Waals surface area contributed by atoms with Crippen molar-refractivity contribution in [3.05, 3.63) is 50.9 Å². The van der Waals surface area contributed by atoms with Gasteiger partial charge in [0, 0.05) is 10.0 Å². The van der Waals surface area contributed by atoms with Gasteiger partial charge in [-0.25, -0.2) is 4.83 Å². The number of nitrogens with zero attached hydrogens (tertiary/aromatic N) is 1. The smallest absolute Gasteiger partial charge is 0.276 e. The summed E-state index contributed by atoms with van der Waals surface area (Å²) < 4.78 is 30.8. The molecule has 0 fully saturated rings. The van der Waals surface area contributed by atoms with Crippen LogP contribution in [0.25, 0.3) is 0 Å². The van der Waals surface area contributed by atoms with Crippen molar-refractivity contribution in [1.29, 1.82) is 0 Å². The lowest BCUT2D eigenvalue weighted by molar-refractivity contribution is 0.340. The third-order valence-electron chi connectivity index (χ3n) is 2.88. The Labute approximate surface area is 156 Å². The number of ether oxygens (including phenoxy) is 1. The van der Waals surface area contributed by atoms with Crippen LogP contribution in [0.3, 0.4) is 0 Å². The van der Waals surface area contributed by atoms with E-state index >= 15 is 0 Å². The van der Waals surface area contributed by atoms with Crippen molar-refractivity contribution < 1.29 is 18.3 Å². The molecule has 128 valence electrons. The van der Waals surface area contributed by atoms with Gasteiger partial charge in [-0.15, -0.1) is 0 Å². The summed E-state index contributed by atoms with van der Waals surface area (Å²) in [6.45, 7) is 2.34. The van der Waals surface area contributed by atoms with Gasteiger partial charge in [-0.2, -0.15) is 13.5 Å². The van der Waals surface area contributed by atoms with Crippen LogP contribution in [-0.4, -0.2) is 26.3 Å². The SMILES string of the molecule is CCOc1ccc(S(=O)(=O)N/N=C/c2cc(Br)cc(Br)c2O)cc1. The highest BCUT2D eigenvalue weighted by Gasteiger charge is 2.13. The Morgan fingerprint density at radius 1 is 1.25 bits per heavy atom. The number of hydrogen-bond acceptors (Lipinski definition) is 5. The molecule has 0 aliphatic rings. The number of benzene rings is 2. The summed E-state index contributed by atoms with van der Waals surface area (Å²) in [6, 6.07) is 9.26. The van der Waals surface area contributed by atoms with E-state index in [1.54, 1.807) is 24.3 Å². The van der Waals surface area contributed by atoms with Crippen LogP contribution in [0, 0.1) is 0 Å². The maximum Gasteiger partial charge on any atom is 0.276 e. The lowest BCUT2D eigenvalue weighted by atomic mass is 10.2. The largest absolute Gasteiger partial charge is 0.506 e. The van der Waals surface area contributed by atoms with Crippen LogP contribution in [0.1, 0.15) is 12.5 Å². The van der Waals surface area contributed by atoms with Gasteiger partial charge in [0.15, 0.2) is 0 Å². The van der Waals surface area contributed by atoms with Gasteiger partial charge < -0.3 is 9.84 Å². The first-order chi connectivity index (χ1) is 11.3. The minimum atomic E-state index is -3.80. The Hall–Kier alpha value is -1.58.